The summed E-state index contributed by atoms with van der Waals surface area (Å²) in [4.78, 5) is 13.5. The van der Waals surface area contributed by atoms with E-state index < -0.39 is 23.5 Å². The Morgan fingerprint density at radius 3 is 2.44 bits per heavy atom. The number of aryl methyl sites for hydroxylation is 1. The summed E-state index contributed by atoms with van der Waals surface area (Å²) in [7, 11) is 1.51. The van der Waals surface area contributed by atoms with Gasteiger partial charge in [0.1, 0.15) is 23.2 Å². The van der Waals surface area contributed by atoms with Crippen LogP contribution in [0.1, 0.15) is 23.6 Å². The lowest BCUT2D eigenvalue weighted by atomic mass is 9.95. The van der Waals surface area contributed by atoms with Gasteiger partial charge in [0, 0.05) is 42.1 Å². The summed E-state index contributed by atoms with van der Waals surface area (Å²) in [6.07, 6.45) is 2.72. The molecule has 1 aliphatic heterocycles. The molecule has 3 nitrogen and oxygen atoms in total. The number of anilines is 1. The molecule has 0 spiro atoms. The number of benzene rings is 2. The first-order chi connectivity index (χ1) is 11.9. The summed E-state index contributed by atoms with van der Waals surface area (Å²) in [6.45, 7) is 1.84. The number of allylic oxidation sites excluding steroid dienone is 1. The molecule has 2 aromatic rings. The van der Waals surface area contributed by atoms with Gasteiger partial charge in [-0.3, -0.25) is 4.79 Å². The largest absolute Gasteiger partial charge is 0.497 e. The van der Waals surface area contributed by atoms with E-state index in [1.165, 1.54) is 19.4 Å². The zero-order valence-electron chi connectivity index (χ0n) is 13.7. The highest BCUT2D eigenvalue weighted by Crippen LogP contribution is 2.38. The topological polar surface area (TPSA) is 29.5 Å². The second-order valence-electron chi connectivity index (χ2n) is 5.84. The van der Waals surface area contributed by atoms with Crippen LogP contribution >= 0.6 is 0 Å². The van der Waals surface area contributed by atoms with E-state index in [9.17, 15) is 18.0 Å². The fraction of sp³-hybridized carbons (Fsp3) is 0.211. The Kier molecular flexibility index (Phi) is 4.53. The van der Waals surface area contributed by atoms with Crippen molar-refractivity contribution >= 4 is 11.5 Å². The third-order valence-corrected chi connectivity index (χ3v) is 4.22. The number of ketones is 1. The van der Waals surface area contributed by atoms with Gasteiger partial charge in [-0.15, -0.1) is 0 Å². The minimum atomic E-state index is -1.02. The van der Waals surface area contributed by atoms with Crippen molar-refractivity contribution in [2.24, 2.45) is 0 Å². The monoisotopic (exact) mass is 347 g/mol. The van der Waals surface area contributed by atoms with Crippen LogP contribution in [0.4, 0.5) is 18.9 Å². The van der Waals surface area contributed by atoms with E-state index in [4.69, 9.17) is 4.74 Å². The maximum Gasteiger partial charge on any atom is 0.159 e. The fourth-order valence-corrected chi connectivity index (χ4v) is 2.98. The van der Waals surface area contributed by atoms with Crippen molar-refractivity contribution in [3.63, 3.8) is 0 Å². The molecule has 0 amide bonds. The number of methoxy groups -OCH3 is 1. The summed E-state index contributed by atoms with van der Waals surface area (Å²) < 4.78 is 47.0. The molecule has 0 radical (unpaired) electrons. The Bertz CT molecular complexity index is 841. The Labute approximate surface area is 143 Å². The lowest BCUT2D eigenvalue weighted by Crippen LogP contribution is -2.31. The normalized spacial score (nSPS) is 17.1. The number of ether oxygens (including phenoxy) is 1. The zero-order chi connectivity index (χ0) is 18.1. The van der Waals surface area contributed by atoms with Crippen molar-refractivity contribution in [3.8, 4) is 5.75 Å². The molecular weight excluding hydrogens is 331 g/mol. The van der Waals surface area contributed by atoms with Crippen molar-refractivity contribution in [1.29, 1.82) is 0 Å². The lowest BCUT2D eigenvalue weighted by molar-refractivity contribution is -0.115. The molecule has 130 valence electrons. The molecule has 25 heavy (non-hydrogen) atoms. The van der Waals surface area contributed by atoms with Crippen molar-refractivity contribution < 1.29 is 22.7 Å². The fourth-order valence-electron chi connectivity index (χ4n) is 2.98. The van der Waals surface area contributed by atoms with E-state index >= 15 is 0 Å². The van der Waals surface area contributed by atoms with Gasteiger partial charge in [-0.25, -0.2) is 13.2 Å². The highest BCUT2D eigenvalue weighted by molar-refractivity contribution is 5.92. The van der Waals surface area contributed by atoms with Gasteiger partial charge < -0.3 is 9.64 Å². The molecule has 0 aromatic heterocycles. The Morgan fingerprint density at radius 1 is 1.12 bits per heavy atom. The van der Waals surface area contributed by atoms with E-state index in [1.807, 2.05) is 13.0 Å². The maximum atomic E-state index is 14.3. The Balaban J connectivity index is 2.15. The predicted octanol–water partition coefficient (Wildman–Crippen LogP) is 4.46. The number of carbonyl (C=O) groups excluding carboxylic acids is 1. The molecule has 0 bridgehead atoms. The third kappa shape index (κ3) is 3.24. The van der Waals surface area contributed by atoms with Crippen molar-refractivity contribution in [2.45, 2.75) is 19.4 Å². The second kappa shape index (κ2) is 6.63. The van der Waals surface area contributed by atoms with Gasteiger partial charge >= 0.3 is 0 Å². The van der Waals surface area contributed by atoms with Crippen molar-refractivity contribution in [3.05, 3.63) is 71.2 Å². The average molecular weight is 347 g/mol. The van der Waals surface area contributed by atoms with Crippen LogP contribution in [0.25, 0.3) is 0 Å². The van der Waals surface area contributed by atoms with Gasteiger partial charge in [0.2, 0.25) is 0 Å². The summed E-state index contributed by atoms with van der Waals surface area (Å²) in [5.74, 6) is -2.72. The molecule has 0 N–H and O–H groups in total. The molecule has 2 aromatic carbocycles. The average Bonchev–Trinajstić information content (AvgIpc) is 2.55. The molecule has 1 atom stereocenters. The minimum absolute atomic E-state index is 0.118. The number of carbonyl (C=O) groups is 1. The van der Waals surface area contributed by atoms with Crippen LogP contribution in [0, 0.1) is 24.4 Å². The van der Waals surface area contributed by atoms with Crippen LogP contribution < -0.4 is 9.64 Å². The first kappa shape index (κ1) is 17.1. The highest BCUT2D eigenvalue weighted by atomic mass is 19.1. The van der Waals surface area contributed by atoms with Crippen LogP contribution in [0.3, 0.4) is 0 Å². The molecular formula is C19H16F3NO2. The Hall–Kier alpha value is -2.76. The van der Waals surface area contributed by atoms with Gasteiger partial charge in [0.15, 0.2) is 5.78 Å². The zero-order valence-corrected chi connectivity index (χ0v) is 13.7. The molecule has 3 rings (SSSR count). The van der Waals surface area contributed by atoms with Crippen molar-refractivity contribution in [1.82, 2.24) is 0 Å². The molecule has 0 saturated carbocycles. The van der Waals surface area contributed by atoms with Gasteiger partial charge in [-0.1, -0.05) is 6.07 Å². The second-order valence-corrected chi connectivity index (χ2v) is 5.84. The van der Waals surface area contributed by atoms with Crippen LogP contribution in [-0.4, -0.2) is 12.9 Å². The molecule has 1 unspecified atom stereocenters. The third-order valence-electron chi connectivity index (χ3n) is 4.22. The number of rotatable bonds is 3. The van der Waals surface area contributed by atoms with E-state index in [0.717, 1.165) is 5.56 Å². The van der Waals surface area contributed by atoms with Crippen LogP contribution in [0.5, 0.6) is 5.75 Å². The first-order valence-corrected chi connectivity index (χ1v) is 7.69. The summed E-state index contributed by atoms with van der Waals surface area (Å²) in [6, 6.07) is 5.64. The summed E-state index contributed by atoms with van der Waals surface area (Å²) in [5.41, 5.74) is 1.16. The number of nitrogens with zero attached hydrogens (tertiary/aromatic N) is 1. The molecule has 0 fully saturated rings. The van der Waals surface area contributed by atoms with E-state index in [2.05, 4.69) is 0 Å². The summed E-state index contributed by atoms with van der Waals surface area (Å²) >= 11 is 0. The quantitative estimate of drug-likeness (QED) is 0.821. The minimum Gasteiger partial charge on any atom is -0.497 e. The summed E-state index contributed by atoms with van der Waals surface area (Å²) in [5, 5.41) is 0. The van der Waals surface area contributed by atoms with Crippen molar-refractivity contribution in [2.75, 3.05) is 12.0 Å². The highest BCUT2D eigenvalue weighted by Gasteiger charge is 2.31. The SMILES string of the molecule is COc1ccc(C)c(N2C=CC(=O)CC2c2c(F)cc(F)cc2F)c1. The predicted molar refractivity (Wildman–Crippen MR) is 88.0 cm³/mol. The van der Waals surface area contributed by atoms with Crippen LogP contribution in [0.15, 0.2) is 42.6 Å². The number of hydrogen-bond acceptors (Lipinski definition) is 3. The van der Waals surface area contributed by atoms with Gasteiger partial charge in [0.05, 0.1) is 13.2 Å². The Morgan fingerprint density at radius 2 is 1.80 bits per heavy atom. The van der Waals surface area contributed by atoms with Gasteiger partial charge in [-0.2, -0.15) is 0 Å². The van der Waals surface area contributed by atoms with E-state index in [-0.39, 0.29) is 17.8 Å². The first-order valence-electron chi connectivity index (χ1n) is 7.69. The molecule has 0 saturated heterocycles. The van der Waals surface area contributed by atoms with Gasteiger partial charge in [-0.05, 0) is 24.6 Å². The van der Waals surface area contributed by atoms with Crippen LogP contribution in [0.2, 0.25) is 0 Å². The van der Waals surface area contributed by atoms with E-state index in [0.29, 0.717) is 23.6 Å². The maximum absolute atomic E-state index is 14.3. The molecule has 1 aliphatic rings. The number of hydrogen-bond donors (Lipinski definition) is 0. The van der Waals surface area contributed by atoms with E-state index in [1.54, 1.807) is 17.0 Å². The smallest absolute Gasteiger partial charge is 0.159 e. The standard InChI is InChI=1S/C19H16F3NO2/c1-11-3-4-14(25-2)10-17(11)23-6-5-13(24)9-18(23)19-15(21)7-12(20)8-16(19)22/h3-8,10,18H,9H2,1-2H3. The van der Waals surface area contributed by atoms with Gasteiger partial charge in [0.25, 0.3) is 0 Å². The molecule has 1 heterocycles. The lowest BCUT2D eigenvalue weighted by Gasteiger charge is -2.34. The number of halogens is 3. The molecule has 0 aliphatic carbocycles. The van der Waals surface area contributed by atoms with Crippen LogP contribution in [-0.2, 0) is 4.79 Å². The molecule has 6 heteroatoms.